The van der Waals surface area contributed by atoms with Gasteiger partial charge in [0, 0.05) is 42.6 Å². The quantitative estimate of drug-likeness (QED) is 0.268. The van der Waals surface area contributed by atoms with E-state index in [-0.39, 0.29) is 24.0 Å². The van der Waals surface area contributed by atoms with Crippen LogP contribution in [-0.2, 0) is 4.74 Å². The van der Waals surface area contributed by atoms with E-state index in [0.717, 1.165) is 56.7 Å². The Labute approximate surface area is 169 Å². The molecular weight excluding hydrogens is 483 g/mol. The smallest absolute Gasteiger partial charge is 0.188 e. The van der Waals surface area contributed by atoms with Gasteiger partial charge in [-0.3, -0.25) is 9.89 Å². The molecule has 1 aromatic rings. The Hall–Kier alpha value is -0.380. The molecule has 1 aliphatic heterocycles. The van der Waals surface area contributed by atoms with Gasteiger partial charge in [0.15, 0.2) is 5.96 Å². The molecule has 3 N–H and O–H groups in total. The summed E-state index contributed by atoms with van der Waals surface area (Å²) in [5, 5.41) is 3.34. The molecule has 0 amide bonds. The minimum atomic E-state index is 0. The van der Waals surface area contributed by atoms with E-state index in [0.29, 0.717) is 17.9 Å². The number of halogens is 2. The summed E-state index contributed by atoms with van der Waals surface area (Å²) in [5.74, 6) is 1.14. The van der Waals surface area contributed by atoms with Crippen LogP contribution in [0, 0.1) is 0 Å². The first-order valence-corrected chi connectivity index (χ1v) is 9.14. The van der Waals surface area contributed by atoms with Crippen LogP contribution in [0.25, 0.3) is 0 Å². The molecule has 0 radical (unpaired) electrons. The molecule has 1 saturated carbocycles. The maximum atomic E-state index is 6.00. The Kier molecular flexibility index (Phi) is 8.25. The highest BCUT2D eigenvalue weighted by Gasteiger charge is 2.38. The molecule has 0 spiro atoms. The minimum absolute atomic E-state index is 0. The fraction of sp³-hybridized carbons (Fsp3) is 0.588. The summed E-state index contributed by atoms with van der Waals surface area (Å²) < 4.78 is 6.46. The summed E-state index contributed by atoms with van der Waals surface area (Å²) >= 11 is 3.47. The molecule has 1 saturated heterocycles. The fourth-order valence-corrected chi connectivity index (χ4v) is 3.25. The van der Waals surface area contributed by atoms with E-state index >= 15 is 0 Å². The molecule has 2 fully saturated rings. The van der Waals surface area contributed by atoms with E-state index < -0.39 is 0 Å². The van der Waals surface area contributed by atoms with Crippen molar-refractivity contribution in [1.29, 1.82) is 0 Å². The van der Waals surface area contributed by atoms with Gasteiger partial charge in [0.2, 0.25) is 0 Å². The lowest BCUT2D eigenvalue weighted by Gasteiger charge is -2.26. The van der Waals surface area contributed by atoms with Gasteiger partial charge in [-0.1, -0.05) is 28.1 Å². The lowest BCUT2D eigenvalue weighted by atomic mass is 10.1. The minimum Gasteiger partial charge on any atom is -0.379 e. The number of morpholine rings is 1. The van der Waals surface area contributed by atoms with E-state index in [4.69, 9.17) is 10.5 Å². The number of nitrogens with one attached hydrogen (secondary N) is 1. The molecule has 2 aliphatic rings. The predicted octanol–water partition coefficient (Wildman–Crippen LogP) is 2.55. The van der Waals surface area contributed by atoms with Crippen LogP contribution in [0.5, 0.6) is 0 Å². The number of benzene rings is 1. The molecule has 7 heteroatoms. The molecule has 0 bridgehead atoms. The number of hydrogen-bond acceptors (Lipinski definition) is 3. The van der Waals surface area contributed by atoms with Gasteiger partial charge in [-0.25, -0.2) is 0 Å². The van der Waals surface area contributed by atoms with Gasteiger partial charge in [-0.15, -0.1) is 24.0 Å². The van der Waals surface area contributed by atoms with Crippen LogP contribution in [0.4, 0.5) is 0 Å². The first kappa shape index (κ1) is 19.9. The Morgan fingerprint density at radius 2 is 2.00 bits per heavy atom. The largest absolute Gasteiger partial charge is 0.379 e. The standard InChI is InChI=1S/C17H25BrN4O.HI/c18-14-4-2-13(3-5-14)15-12-16(15)21-17(19)20-6-1-7-22-8-10-23-11-9-22;/h2-5,15-16H,1,6-12H2,(H3,19,20,21);1H. The molecule has 1 aromatic carbocycles. The maximum absolute atomic E-state index is 6.00. The Morgan fingerprint density at radius 3 is 2.71 bits per heavy atom. The van der Waals surface area contributed by atoms with E-state index in [9.17, 15) is 0 Å². The zero-order chi connectivity index (χ0) is 16.1. The lowest BCUT2D eigenvalue weighted by Crippen LogP contribution is -2.37. The van der Waals surface area contributed by atoms with E-state index in [1.54, 1.807) is 0 Å². The van der Waals surface area contributed by atoms with Crippen LogP contribution >= 0.6 is 39.9 Å². The van der Waals surface area contributed by atoms with Gasteiger partial charge in [0.1, 0.15) is 0 Å². The third kappa shape index (κ3) is 6.16. The topological polar surface area (TPSA) is 62.9 Å². The van der Waals surface area contributed by atoms with Crippen LogP contribution in [0.1, 0.15) is 24.3 Å². The molecule has 2 unspecified atom stereocenters. The Morgan fingerprint density at radius 1 is 1.29 bits per heavy atom. The number of rotatable bonds is 6. The van der Waals surface area contributed by atoms with Crippen molar-refractivity contribution in [3.05, 3.63) is 34.3 Å². The molecule has 2 atom stereocenters. The molecule has 1 aliphatic carbocycles. The van der Waals surface area contributed by atoms with Gasteiger partial charge in [-0.2, -0.15) is 0 Å². The van der Waals surface area contributed by atoms with E-state index in [2.05, 4.69) is 55.4 Å². The average molecular weight is 509 g/mol. The van der Waals surface area contributed by atoms with Crippen molar-refractivity contribution in [2.24, 2.45) is 10.7 Å². The summed E-state index contributed by atoms with van der Waals surface area (Å²) in [6.07, 6.45) is 2.18. The SMILES string of the molecule is I.NC(=NCCCN1CCOCC1)NC1CC1c1ccc(Br)cc1. The molecule has 5 nitrogen and oxygen atoms in total. The van der Waals surface area contributed by atoms with Crippen LogP contribution in [0.3, 0.4) is 0 Å². The Balaban J connectivity index is 0.00000208. The number of ether oxygens (including phenoxy) is 1. The van der Waals surface area contributed by atoms with Gasteiger partial charge in [-0.05, 0) is 30.5 Å². The van der Waals surface area contributed by atoms with Crippen molar-refractivity contribution >= 4 is 45.9 Å². The fourth-order valence-electron chi connectivity index (χ4n) is 2.99. The molecule has 134 valence electrons. The van der Waals surface area contributed by atoms with Crippen LogP contribution in [0.2, 0.25) is 0 Å². The van der Waals surface area contributed by atoms with E-state index in [1.807, 2.05) is 0 Å². The molecule has 0 aromatic heterocycles. The normalized spacial score (nSPS) is 24.3. The summed E-state index contributed by atoms with van der Waals surface area (Å²) in [4.78, 5) is 6.87. The van der Waals surface area contributed by atoms with Crippen molar-refractivity contribution in [2.45, 2.75) is 24.8 Å². The van der Waals surface area contributed by atoms with Crippen molar-refractivity contribution in [3.8, 4) is 0 Å². The average Bonchev–Trinajstić information content (AvgIpc) is 3.32. The first-order chi connectivity index (χ1) is 11.2. The highest BCUT2D eigenvalue weighted by atomic mass is 127. The van der Waals surface area contributed by atoms with Crippen molar-refractivity contribution < 1.29 is 4.74 Å². The second kappa shape index (κ2) is 9.94. The number of guanidine groups is 1. The highest BCUT2D eigenvalue weighted by Crippen LogP contribution is 2.40. The third-order valence-electron chi connectivity index (χ3n) is 4.44. The zero-order valence-electron chi connectivity index (χ0n) is 13.8. The third-order valence-corrected chi connectivity index (χ3v) is 4.97. The summed E-state index contributed by atoms with van der Waals surface area (Å²) in [7, 11) is 0. The van der Waals surface area contributed by atoms with Gasteiger partial charge in [0.25, 0.3) is 0 Å². The molecule has 3 rings (SSSR count). The van der Waals surface area contributed by atoms with Gasteiger partial charge >= 0.3 is 0 Å². The summed E-state index contributed by atoms with van der Waals surface area (Å²) in [6, 6.07) is 8.96. The van der Waals surface area contributed by atoms with Crippen molar-refractivity contribution in [1.82, 2.24) is 10.2 Å². The number of nitrogens with zero attached hydrogens (tertiary/aromatic N) is 2. The molecule has 24 heavy (non-hydrogen) atoms. The summed E-state index contributed by atoms with van der Waals surface area (Å²) in [6.45, 7) is 5.64. The zero-order valence-corrected chi connectivity index (χ0v) is 17.7. The van der Waals surface area contributed by atoms with Gasteiger partial charge < -0.3 is 15.8 Å². The number of aliphatic imine (C=N–C) groups is 1. The molecule has 1 heterocycles. The second-order valence-electron chi connectivity index (χ2n) is 6.22. The maximum Gasteiger partial charge on any atom is 0.188 e. The van der Waals surface area contributed by atoms with Crippen LogP contribution in [0.15, 0.2) is 33.7 Å². The van der Waals surface area contributed by atoms with Crippen LogP contribution < -0.4 is 11.1 Å². The lowest BCUT2D eigenvalue weighted by molar-refractivity contribution is 0.0377. The van der Waals surface area contributed by atoms with Crippen LogP contribution in [-0.4, -0.2) is 56.3 Å². The second-order valence-corrected chi connectivity index (χ2v) is 7.13. The van der Waals surface area contributed by atoms with E-state index in [1.165, 1.54) is 5.56 Å². The Bertz CT molecular complexity index is 534. The van der Waals surface area contributed by atoms with Crippen molar-refractivity contribution in [3.63, 3.8) is 0 Å². The first-order valence-electron chi connectivity index (χ1n) is 8.34. The highest BCUT2D eigenvalue weighted by molar-refractivity contribution is 14.0. The predicted molar refractivity (Wildman–Crippen MR) is 112 cm³/mol. The van der Waals surface area contributed by atoms with Gasteiger partial charge in [0.05, 0.1) is 13.2 Å². The summed E-state index contributed by atoms with van der Waals surface area (Å²) in [5.41, 5.74) is 7.36. The number of hydrogen-bond donors (Lipinski definition) is 2. The molecular formula is C17H26BrIN4O. The monoisotopic (exact) mass is 508 g/mol. The van der Waals surface area contributed by atoms with Crippen molar-refractivity contribution in [2.75, 3.05) is 39.4 Å². The number of nitrogens with two attached hydrogens (primary N) is 1.